The summed E-state index contributed by atoms with van der Waals surface area (Å²) in [5.74, 6) is -0.847. The van der Waals surface area contributed by atoms with E-state index in [0.29, 0.717) is 5.56 Å². The Bertz CT molecular complexity index is 823. The first-order valence-corrected chi connectivity index (χ1v) is 7.35. The molecule has 2 aromatic rings. The van der Waals surface area contributed by atoms with E-state index in [1.807, 2.05) is 0 Å². The Morgan fingerprint density at radius 3 is 2.62 bits per heavy atom. The van der Waals surface area contributed by atoms with Crippen molar-refractivity contribution in [2.45, 2.75) is 0 Å². The topological polar surface area (TPSA) is 117 Å². The van der Waals surface area contributed by atoms with Gasteiger partial charge in [0.1, 0.15) is 0 Å². The minimum absolute atomic E-state index is 0.00680. The van der Waals surface area contributed by atoms with Gasteiger partial charge in [0, 0.05) is 16.1 Å². The Labute approximate surface area is 145 Å². The van der Waals surface area contributed by atoms with Gasteiger partial charge in [-0.2, -0.15) is 0 Å². The monoisotopic (exact) mass is 393 g/mol. The summed E-state index contributed by atoms with van der Waals surface area (Å²) in [5.41, 5.74) is 5.89. The average Bonchev–Trinajstić information content (AvgIpc) is 2.58. The van der Waals surface area contributed by atoms with Crippen molar-refractivity contribution < 1.29 is 19.3 Å². The summed E-state index contributed by atoms with van der Waals surface area (Å²) < 4.78 is 5.65. The molecule has 0 aliphatic rings. The molecule has 2 rings (SSSR count). The van der Waals surface area contributed by atoms with E-state index >= 15 is 0 Å². The van der Waals surface area contributed by atoms with E-state index in [1.54, 1.807) is 24.3 Å². The minimum atomic E-state index is -0.876. The van der Waals surface area contributed by atoms with Gasteiger partial charge in [-0.05, 0) is 24.3 Å². The standard InChI is InChI=1S/C15H12BrN3O5/c1-23-13-6-5-10(8-12(13)19(21)22)15(20)24-18-14(17)9-3-2-4-11(16)7-9/h2-8H,1H3,(H2,17,18). The second-order valence-electron chi connectivity index (χ2n) is 4.51. The number of hydrogen-bond donors (Lipinski definition) is 1. The highest BCUT2D eigenvalue weighted by Crippen LogP contribution is 2.27. The van der Waals surface area contributed by atoms with Crippen LogP contribution in [0.15, 0.2) is 52.1 Å². The lowest BCUT2D eigenvalue weighted by Gasteiger charge is -2.04. The van der Waals surface area contributed by atoms with Crippen LogP contribution in [0.1, 0.15) is 15.9 Å². The first-order chi connectivity index (χ1) is 11.4. The van der Waals surface area contributed by atoms with Crippen LogP contribution in [0.5, 0.6) is 5.75 Å². The molecule has 0 amide bonds. The first-order valence-electron chi connectivity index (χ1n) is 6.55. The Balaban J connectivity index is 2.19. The number of oxime groups is 1. The molecule has 0 bridgehead atoms. The number of ether oxygens (including phenoxy) is 1. The molecular weight excluding hydrogens is 382 g/mol. The van der Waals surface area contributed by atoms with Crippen molar-refractivity contribution in [2.75, 3.05) is 7.11 Å². The van der Waals surface area contributed by atoms with Gasteiger partial charge >= 0.3 is 11.7 Å². The molecule has 0 aliphatic carbocycles. The van der Waals surface area contributed by atoms with E-state index in [-0.39, 0.29) is 22.8 Å². The number of methoxy groups -OCH3 is 1. The number of nitro benzene ring substituents is 1. The number of nitro groups is 1. The van der Waals surface area contributed by atoms with Gasteiger partial charge in [0.2, 0.25) is 0 Å². The van der Waals surface area contributed by atoms with Crippen molar-refractivity contribution >= 4 is 33.4 Å². The maximum Gasteiger partial charge on any atom is 0.366 e. The van der Waals surface area contributed by atoms with Crippen LogP contribution in [0.4, 0.5) is 5.69 Å². The van der Waals surface area contributed by atoms with Gasteiger partial charge in [-0.1, -0.05) is 33.2 Å². The van der Waals surface area contributed by atoms with Crippen LogP contribution in [0, 0.1) is 10.1 Å². The van der Waals surface area contributed by atoms with Crippen molar-refractivity contribution in [3.8, 4) is 5.75 Å². The van der Waals surface area contributed by atoms with Gasteiger partial charge in [0.05, 0.1) is 17.6 Å². The molecule has 24 heavy (non-hydrogen) atoms. The molecule has 9 heteroatoms. The zero-order chi connectivity index (χ0) is 17.7. The zero-order valence-corrected chi connectivity index (χ0v) is 14.0. The molecule has 0 radical (unpaired) electrons. The lowest BCUT2D eigenvalue weighted by atomic mass is 10.2. The molecule has 8 nitrogen and oxygen atoms in total. The normalized spacial score (nSPS) is 11.0. The summed E-state index contributed by atoms with van der Waals surface area (Å²) in [7, 11) is 1.29. The van der Waals surface area contributed by atoms with Gasteiger partial charge in [-0.25, -0.2) is 4.79 Å². The average molecular weight is 394 g/mol. The molecule has 0 fully saturated rings. The maximum absolute atomic E-state index is 12.0. The third kappa shape index (κ3) is 4.07. The van der Waals surface area contributed by atoms with Gasteiger partial charge in [0.15, 0.2) is 11.6 Å². The third-order valence-corrected chi connectivity index (χ3v) is 3.45. The second-order valence-corrected chi connectivity index (χ2v) is 5.43. The number of carbonyl (C=O) groups excluding carboxylic acids is 1. The van der Waals surface area contributed by atoms with Crippen LogP contribution in [0.25, 0.3) is 0 Å². The Hall–Kier alpha value is -2.94. The number of nitrogens with zero attached hydrogens (tertiary/aromatic N) is 2. The molecule has 0 unspecified atom stereocenters. The Morgan fingerprint density at radius 2 is 2.00 bits per heavy atom. The molecule has 124 valence electrons. The number of rotatable bonds is 5. The van der Waals surface area contributed by atoms with Crippen LogP contribution in [0.3, 0.4) is 0 Å². The van der Waals surface area contributed by atoms with E-state index in [4.69, 9.17) is 15.3 Å². The van der Waals surface area contributed by atoms with Crippen molar-refractivity contribution in [1.29, 1.82) is 0 Å². The van der Waals surface area contributed by atoms with Crippen LogP contribution in [0.2, 0.25) is 0 Å². The number of carbonyl (C=O) groups is 1. The third-order valence-electron chi connectivity index (χ3n) is 2.96. The van der Waals surface area contributed by atoms with E-state index < -0.39 is 10.9 Å². The number of hydrogen-bond acceptors (Lipinski definition) is 6. The quantitative estimate of drug-likeness (QED) is 0.274. The minimum Gasteiger partial charge on any atom is -0.490 e. The van der Waals surface area contributed by atoms with Crippen LogP contribution >= 0.6 is 15.9 Å². The highest BCUT2D eigenvalue weighted by molar-refractivity contribution is 9.10. The van der Waals surface area contributed by atoms with Gasteiger partial charge in [-0.3, -0.25) is 10.1 Å². The van der Waals surface area contributed by atoms with Crippen molar-refractivity contribution in [1.82, 2.24) is 0 Å². The SMILES string of the molecule is COc1ccc(C(=O)ON=C(N)c2cccc(Br)c2)cc1[N+](=O)[O-]. The van der Waals surface area contributed by atoms with E-state index in [9.17, 15) is 14.9 Å². The highest BCUT2D eigenvalue weighted by Gasteiger charge is 2.19. The molecule has 0 aliphatic heterocycles. The number of benzene rings is 2. The fourth-order valence-corrected chi connectivity index (χ4v) is 2.20. The number of nitrogens with two attached hydrogens (primary N) is 1. The van der Waals surface area contributed by atoms with Gasteiger partial charge in [-0.15, -0.1) is 0 Å². The molecular formula is C15H12BrN3O5. The fourth-order valence-electron chi connectivity index (χ4n) is 1.80. The molecule has 0 atom stereocenters. The summed E-state index contributed by atoms with van der Waals surface area (Å²) in [4.78, 5) is 27.0. The Kier molecular flexibility index (Phi) is 5.48. The van der Waals surface area contributed by atoms with E-state index in [0.717, 1.165) is 10.5 Å². The molecule has 0 saturated heterocycles. The van der Waals surface area contributed by atoms with E-state index in [1.165, 1.54) is 19.2 Å². The number of amidine groups is 1. The van der Waals surface area contributed by atoms with Gasteiger partial charge in [0.25, 0.3) is 0 Å². The predicted molar refractivity (Wildman–Crippen MR) is 89.9 cm³/mol. The van der Waals surface area contributed by atoms with Crippen molar-refractivity contribution in [2.24, 2.45) is 10.9 Å². The maximum atomic E-state index is 12.0. The van der Waals surface area contributed by atoms with Crippen LogP contribution in [-0.2, 0) is 4.84 Å². The Morgan fingerprint density at radius 1 is 1.25 bits per heavy atom. The molecule has 2 N–H and O–H groups in total. The molecule has 0 saturated carbocycles. The predicted octanol–water partition coefficient (Wildman–Crippen LogP) is 2.84. The molecule has 0 heterocycles. The van der Waals surface area contributed by atoms with Crippen LogP contribution in [-0.4, -0.2) is 23.8 Å². The van der Waals surface area contributed by atoms with Crippen molar-refractivity contribution in [3.05, 3.63) is 68.2 Å². The summed E-state index contributed by atoms with van der Waals surface area (Å²) in [6, 6.07) is 10.6. The summed E-state index contributed by atoms with van der Waals surface area (Å²) in [6.45, 7) is 0. The highest BCUT2D eigenvalue weighted by atomic mass is 79.9. The zero-order valence-electron chi connectivity index (χ0n) is 12.4. The largest absolute Gasteiger partial charge is 0.490 e. The van der Waals surface area contributed by atoms with Crippen molar-refractivity contribution in [3.63, 3.8) is 0 Å². The lowest BCUT2D eigenvalue weighted by Crippen LogP contribution is -2.15. The first kappa shape index (κ1) is 17.4. The summed E-state index contributed by atoms with van der Waals surface area (Å²) in [6.07, 6.45) is 0. The van der Waals surface area contributed by atoms with Gasteiger partial charge < -0.3 is 15.3 Å². The van der Waals surface area contributed by atoms with E-state index in [2.05, 4.69) is 21.1 Å². The molecule has 0 aromatic heterocycles. The lowest BCUT2D eigenvalue weighted by molar-refractivity contribution is -0.385. The smallest absolute Gasteiger partial charge is 0.366 e. The molecule has 0 spiro atoms. The number of halogens is 1. The summed E-state index contributed by atoms with van der Waals surface area (Å²) in [5, 5.41) is 14.5. The summed E-state index contributed by atoms with van der Waals surface area (Å²) >= 11 is 3.29. The van der Waals surface area contributed by atoms with Crippen LogP contribution < -0.4 is 10.5 Å². The fraction of sp³-hybridized carbons (Fsp3) is 0.0667. The molecule has 2 aromatic carbocycles. The second kappa shape index (κ2) is 7.55.